The number of carbonyl (C=O) groups excluding carboxylic acids is 1. The number of aromatic amines is 1. The quantitative estimate of drug-likeness (QED) is 0.382. The summed E-state index contributed by atoms with van der Waals surface area (Å²) >= 11 is 0. The van der Waals surface area contributed by atoms with Gasteiger partial charge in [0.1, 0.15) is 5.69 Å². The van der Waals surface area contributed by atoms with Crippen molar-refractivity contribution in [1.29, 1.82) is 0 Å². The summed E-state index contributed by atoms with van der Waals surface area (Å²) in [5.41, 5.74) is 2.82. The molecule has 0 aliphatic rings. The third kappa shape index (κ3) is 5.16. The summed E-state index contributed by atoms with van der Waals surface area (Å²) in [5, 5.41) is 14.2. The number of methoxy groups -OCH3 is 3. The van der Waals surface area contributed by atoms with Crippen molar-refractivity contribution in [2.45, 2.75) is 6.54 Å². The Morgan fingerprint density at radius 3 is 2.29 bits per heavy atom. The van der Waals surface area contributed by atoms with Gasteiger partial charge in [0.25, 0.3) is 11.5 Å². The fourth-order valence-electron chi connectivity index (χ4n) is 3.56. The van der Waals surface area contributed by atoms with Gasteiger partial charge in [0.15, 0.2) is 11.5 Å². The monoisotopic (exact) mass is 475 g/mol. The van der Waals surface area contributed by atoms with E-state index in [0.29, 0.717) is 34.2 Å². The number of aromatic nitrogens is 4. The van der Waals surface area contributed by atoms with Crippen molar-refractivity contribution in [1.82, 2.24) is 25.3 Å². The maximum atomic E-state index is 12.6. The van der Waals surface area contributed by atoms with Crippen molar-refractivity contribution in [2.24, 2.45) is 0 Å². The molecule has 0 saturated carbocycles. The van der Waals surface area contributed by atoms with Crippen LogP contribution in [0.3, 0.4) is 0 Å². The van der Waals surface area contributed by atoms with Gasteiger partial charge in [-0.1, -0.05) is 30.3 Å². The Balaban J connectivity index is 1.44. The Labute approximate surface area is 201 Å². The Kier molecular flexibility index (Phi) is 7.10. The van der Waals surface area contributed by atoms with Crippen molar-refractivity contribution in [3.63, 3.8) is 0 Å². The van der Waals surface area contributed by atoms with E-state index in [4.69, 9.17) is 14.2 Å². The Hall–Kier alpha value is -4.60. The largest absolute Gasteiger partial charge is 0.493 e. The van der Waals surface area contributed by atoms with Crippen LogP contribution in [0.25, 0.3) is 22.5 Å². The van der Waals surface area contributed by atoms with Crippen molar-refractivity contribution < 1.29 is 19.0 Å². The number of nitrogens with zero attached hydrogens (tertiary/aromatic N) is 3. The van der Waals surface area contributed by atoms with Gasteiger partial charge in [-0.05, 0) is 24.3 Å². The standard InChI is InChI=1S/C25H25N5O5/c1-33-21-13-17(14-22(34-2)24(21)35-3)19-15-20(28-27-19)25(32)26-11-12-30-23(31)10-9-18(29-30)16-7-5-4-6-8-16/h4-10,13-15H,11-12H2,1-3H3,(H,26,32)(H,27,28). The number of carbonyl (C=O) groups is 1. The van der Waals surface area contributed by atoms with E-state index >= 15 is 0 Å². The molecule has 2 heterocycles. The van der Waals surface area contributed by atoms with Crippen molar-refractivity contribution >= 4 is 5.91 Å². The molecule has 0 radical (unpaired) electrons. The highest BCUT2D eigenvalue weighted by molar-refractivity contribution is 5.93. The van der Waals surface area contributed by atoms with Crippen LogP contribution in [0.2, 0.25) is 0 Å². The molecule has 4 rings (SSSR count). The average molecular weight is 476 g/mol. The van der Waals surface area contributed by atoms with E-state index in [9.17, 15) is 9.59 Å². The summed E-state index contributed by atoms with van der Waals surface area (Å²) in [7, 11) is 4.58. The molecule has 1 amide bonds. The van der Waals surface area contributed by atoms with E-state index in [-0.39, 0.29) is 30.2 Å². The van der Waals surface area contributed by atoms with E-state index in [1.54, 1.807) is 24.3 Å². The van der Waals surface area contributed by atoms with Crippen LogP contribution in [-0.2, 0) is 6.54 Å². The number of hydrogen-bond acceptors (Lipinski definition) is 7. The molecule has 2 N–H and O–H groups in total. The first kappa shape index (κ1) is 23.6. The fraction of sp³-hybridized carbons (Fsp3) is 0.200. The molecule has 2 aromatic heterocycles. The number of ether oxygens (including phenoxy) is 3. The van der Waals surface area contributed by atoms with E-state index < -0.39 is 0 Å². The number of amides is 1. The highest BCUT2D eigenvalue weighted by Gasteiger charge is 2.17. The van der Waals surface area contributed by atoms with E-state index in [1.165, 1.54) is 32.1 Å². The van der Waals surface area contributed by atoms with Gasteiger partial charge in [-0.25, -0.2) is 4.68 Å². The van der Waals surface area contributed by atoms with Gasteiger partial charge >= 0.3 is 0 Å². The smallest absolute Gasteiger partial charge is 0.269 e. The fourth-order valence-corrected chi connectivity index (χ4v) is 3.56. The molecule has 0 atom stereocenters. The summed E-state index contributed by atoms with van der Waals surface area (Å²) in [6, 6.07) is 17.8. The lowest BCUT2D eigenvalue weighted by Crippen LogP contribution is -2.32. The van der Waals surface area contributed by atoms with Gasteiger partial charge in [-0.3, -0.25) is 14.7 Å². The SMILES string of the molecule is COc1cc(-c2cc(C(=O)NCCn3nc(-c4ccccc4)ccc3=O)[nH]n2)cc(OC)c1OC. The van der Waals surface area contributed by atoms with Crippen LogP contribution in [0.1, 0.15) is 10.5 Å². The molecule has 0 saturated heterocycles. The van der Waals surface area contributed by atoms with Crippen LogP contribution in [0.15, 0.2) is 65.5 Å². The maximum absolute atomic E-state index is 12.6. The summed E-state index contributed by atoms with van der Waals surface area (Å²) < 4.78 is 17.4. The van der Waals surface area contributed by atoms with Gasteiger partial charge < -0.3 is 19.5 Å². The molecule has 35 heavy (non-hydrogen) atoms. The summed E-state index contributed by atoms with van der Waals surface area (Å²) in [4.78, 5) is 24.8. The van der Waals surface area contributed by atoms with Gasteiger partial charge in [-0.2, -0.15) is 10.2 Å². The van der Waals surface area contributed by atoms with Crippen molar-refractivity contribution in [3.8, 4) is 39.8 Å². The number of hydrogen-bond donors (Lipinski definition) is 2. The van der Waals surface area contributed by atoms with Crippen LogP contribution in [-0.4, -0.2) is 53.8 Å². The minimum atomic E-state index is -0.358. The number of H-pyrrole nitrogens is 1. The number of benzene rings is 2. The molecule has 0 aliphatic heterocycles. The van der Waals surface area contributed by atoms with Crippen LogP contribution in [0.5, 0.6) is 17.2 Å². The zero-order chi connectivity index (χ0) is 24.8. The number of rotatable bonds is 9. The lowest BCUT2D eigenvalue weighted by atomic mass is 10.1. The summed E-state index contributed by atoms with van der Waals surface area (Å²) in [6.45, 7) is 0.432. The predicted octanol–water partition coefficient (Wildman–Crippen LogP) is 2.76. The van der Waals surface area contributed by atoms with E-state index in [0.717, 1.165) is 5.56 Å². The van der Waals surface area contributed by atoms with Crippen molar-refractivity contribution in [2.75, 3.05) is 27.9 Å². The molecule has 180 valence electrons. The Bertz CT molecular complexity index is 1360. The molecule has 10 nitrogen and oxygen atoms in total. The summed E-state index contributed by atoms with van der Waals surface area (Å²) in [5.74, 6) is 1.06. The lowest BCUT2D eigenvalue weighted by molar-refractivity contribution is 0.0946. The van der Waals surface area contributed by atoms with Gasteiger partial charge in [0.05, 0.1) is 39.3 Å². The van der Waals surface area contributed by atoms with Crippen LogP contribution < -0.4 is 25.1 Å². The Morgan fingerprint density at radius 1 is 0.914 bits per heavy atom. The Morgan fingerprint density at radius 2 is 1.63 bits per heavy atom. The average Bonchev–Trinajstić information content (AvgIpc) is 3.40. The van der Waals surface area contributed by atoms with Crippen molar-refractivity contribution in [3.05, 3.63) is 76.7 Å². The molecular weight excluding hydrogens is 450 g/mol. The zero-order valence-corrected chi connectivity index (χ0v) is 19.6. The normalized spacial score (nSPS) is 10.6. The second kappa shape index (κ2) is 10.6. The van der Waals surface area contributed by atoms with E-state index in [2.05, 4.69) is 20.6 Å². The first-order chi connectivity index (χ1) is 17.0. The van der Waals surface area contributed by atoms with Crippen LogP contribution >= 0.6 is 0 Å². The molecule has 0 spiro atoms. The second-order valence-electron chi connectivity index (χ2n) is 7.48. The van der Waals surface area contributed by atoms with Gasteiger partial charge in [0.2, 0.25) is 5.75 Å². The van der Waals surface area contributed by atoms with Gasteiger partial charge in [0, 0.05) is 23.7 Å². The molecule has 0 aliphatic carbocycles. The lowest BCUT2D eigenvalue weighted by Gasteiger charge is -2.13. The first-order valence-corrected chi connectivity index (χ1v) is 10.8. The van der Waals surface area contributed by atoms with Crippen LogP contribution in [0.4, 0.5) is 0 Å². The van der Waals surface area contributed by atoms with Crippen LogP contribution in [0, 0.1) is 0 Å². The third-order valence-corrected chi connectivity index (χ3v) is 5.33. The van der Waals surface area contributed by atoms with Gasteiger partial charge in [-0.15, -0.1) is 0 Å². The molecule has 10 heteroatoms. The maximum Gasteiger partial charge on any atom is 0.269 e. The molecular formula is C25H25N5O5. The predicted molar refractivity (Wildman–Crippen MR) is 130 cm³/mol. The minimum absolute atomic E-state index is 0.211. The molecule has 0 unspecified atom stereocenters. The second-order valence-corrected chi connectivity index (χ2v) is 7.48. The highest BCUT2D eigenvalue weighted by Crippen LogP contribution is 2.40. The van der Waals surface area contributed by atoms with E-state index in [1.807, 2.05) is 30.3 Å². The molecule has 0 bridgehead atoms. The molecule has 4 aromatic rings. The molecule has 2 aromatic carbocycles. The number of nitrogens with one attached hydrogen (secondary N) is 2. The first-order valence-electron chi connectivity index (χ1n) is 10.8. The third-order valence-electron chi connectivity index (χ3n) is 5.33. The zero-order valence-electron chi connectivity index (χ0n) is 19.6. The summed E-state index contributed by atoms with van der Waals surface area (Å²) in [6.07, 6.45) is 0. The molecule has 0 fully saturated rings. The minimum Gasteiger partial charge on any atom is -0.493 e. The topological polar surface area (TPSA) is 120 Å². The highest BCUT2D eigenvalue weighted by atomic mass is 16.5.